The molecule has 2 N–H and O–H groups in total. The number of carbonyl (C=O) groups is 1. The molecule has 1 amide bonds. The largest absolute Gasteiger partial charge is 0.377 e. The van der Waals surface area contributed by atoms with Crippen molar-refractivity contribution in [2.45, 2.75) is 76.5 Å². The first-order valence-electron chi connectivity index (χ1n) is 12.3. The Balaban J connectivity index is 0.00000231. The summed E-state index contributed by atoms with van der Waals surface area (Å²) in [5.74, 6) is 4.48. The van der Waals surface area contributed by atoms with Crippen molar-refractivity contribution >= 4 is 47.6 Å². The van der Waals surface area contributed by atoms with Crippen LogP contribution < -0.4 is 10.6 Å². The van der Waals surface area contributed by atoms with Crippen LogP contribution in [-0.4, -0.2) is 72.7 Å². The van der Waals surface area contributed by atoms with E-state index >= 15 is 0 Å². The molecule has 6 nitrogen and oxygen atoms in total. The summed E-state index contributed by atoms with van der Waals surface area (Å²) in [5.41, 5.74) is 0.369. The molecule has 8 heteroatoms. The minimum Gasteiger partial charge on any atom is -0.377 e. The van der Waals surface area contributed by atoms with Crippen molar-refractivity contribution in [2.24, 2.45) is 22.2 Å². The van der Waals surface area contributed by atoms with Gasteiger partial charge in [-0.3, -0.25) is 9.79 Å². The first kappa shape index (κ1) is 23.9. The molecule has 0 radical (unpaired) electrons. The standard InChI is InChI=1S/C23H38N4O2S.HI/c1-2-24-22(26-19-18-8-13-29-20(18)23(19)9-3-10-23)25-17-6-4-16(5-7-17)21(28)27-11-14-30-15-12-27;/h16-20H,2-15H2,1H3,(H2,24,25,26);1H. The third-order valence-electron chi connectivity index (χ3n) is 8.38. The lowest BCUT2D eigenvalue weighted by atomic mass is 9.46. The molecule has 1 spiro atoms. The molecule has 5 rings (SSSR count). The summed E-state index contributed by atoms with van der Waals surface area (Å²) in [6.07, 6.45) is 9.75. The molecule has 0 aromatic heterocycles. The molecule has 5 aliphatic rings. The molecule has 3 atom stereocenters. The van der Waals surface area contributed by atoms with Gasteiger partial charge in [0.1, 0.15) is 0 Å². The minimum absolute atomic E-state index is 0. The monoisotopic (exact) mass is 562 g/mol. The summed E-state index contributed by atoms with van der Waals surface area (Å²) in [7, 11) is 0. The number of fused-ring (bicyclic) bond motifs is 2. The molecule has 3 unspecified atom stereocenters. The van der Waals surface area contributed by atoms with Gasteiger partial charge < -0.3 is 20.3 Å². The van der Waals surface area contributed by atoms with Crippen LogP contribution >= 0.6 is 35.7 Å². The average Bonchev–Trinajstić information content (AvgIpc) is 3.16. The molecular weight excluding hydrogens is 523 g/mol. The van der Waals surface area contributed by atoms with Gasteiger partial charge >= 0.3 is 0 Å². The predicted octanol–water partition coefficient (Wildman–Crippen LogP) is 3.25. The number of rotatable bonds is 4. The van der Waals surface area contributed by atoms with Crippen LogP contribution in [0.1, 0.15) is 58.3 Å². The molecule has 2 aliphatic heterocycles. The maximum absolute atomic E-state index is 12.8. The van der Waals surface area contributed by atoms with E-state index in [1.54, 1.807) is 0 Å². The van der Waals surface area contributed by atoms with Crippen molar-refractivity contribution in [1.29, 1.82) is 0 Å². The van der Waals surface area contributed by atoms with Crippen LogP contribution in [0.15, 0.2) is 4.99 Å². The third kappa shape index (κ3) is 4.59. The van der Waals surface area contributed by atoms with Gasteiger partial charge in [0.25, 0.3) is 0 Å². The van der Waals surface area contributed by atoms with Crippen molar-refractivity contribution in [3.8, 4) is 0 Å². The van der Waals surface area contributed by atoms with E-state index in [0.29, 0.717) is 35.4 Å². The van der Waals surface area contributed by atoms with Crippen molar-refractivity contribution in [1.82, 2.24) is 15.5 Å². The number of nitrogens with one attached hydrogen (secondary N) is 2. The molecule has 0 bridgehead atoms. The smallest absolute Gasteiger partial charge is 0.225 e. The second-order valence-corrected chi connectivity index (χ2v) is 11.1. The SMILES string of the molecule is CCN=C(NC1CCC(C(=O)N2CCSCC2)CC1)NC1C2CCOC2C12CCC2.I. The molecular formula is C23H39IN4O2S. The number of carbonyl (C=O) groups excluding carboxylic acids is 1. The Morgan fingerprint density at radius 2 is 1.87 bits per heavy atom. The normalized spacial score (nSPS) is 36.6. The van der Waals surface area contributed by atoms with Gasteiger partial charge in [-0.15, -0.1) is 24.0 Å². The molecule has 3 aliphatic carbocycles. The summed E-state index contributed by atoms with van der Waals surface area (Å²) >= 11 is 1.97. The highest BCUT2D eigenvalue weighted by Crippen LogP contribution is 2.62. The Bertz CT molecular complexity index is 660. The van der Waals surface area contributed by atoms with Gasteiger partial charge in [0.15, 0.2) is 5.96 Å². The fraction of sp³-hybridized carbons (Fsp3) is 0.913. The average molecular weight is 563 g/mol. The fourth-order valence-corrected chi connectivity index (χ4v) is 7.52. The first-order valence-corrected chi connectivity index (χ1v) is 13.4. The van der Waals surface area contributed by atoms with Crippen LogP contribution in [0, 0.1) is 17.3 Å². The number of halogens is 1. The molecule has 0 aromatic carbocycles. The third-order valence-corrected chi connectivity index (χ3v) is 9.33. The summed E-state index contributed by atoms with van der Waals surface area (Å²) < 4.78 is 6.08. The van der Waals surface area contributed by atoms with E-state index in [0.717, 1.165) is 69.4 Å². The fourth-order valence-electron chi connectivity index (χ4n) is 6.61. The van der Waals surface area contributed by atoms with Crippen molar-refractivity contribution in [2.75, 3.05) is 37.7 Å². The second kappa shape index (κ2) is 10.4. The lowest BCUT2D eigenvalue weighted by Gasteiger charge is -2.63. The Morgan fingerprint density at radius 3 is 2.52 bits per heavy atom. The van der Waals surface area contributed by atoms with Gasteiger partial charge in [-0.1, -0.05) is 6.42 Å². The zero-order valence-electron chi connectivity index (χ0n) is 18.8. The number of guanidine groups is 1. The van der Waals surface area contributed by atoms with Gasteiger partial charge in [0, 0.05) is 67.1 Å². The van der Waals surface area contributed by atoms with E-state index in [1.165, 1.54) is 25.7 Å². The highest BCUT2D eigenvalue weighted by Gasteiger charge is 2.66. The topological polar surface area (TPSA) is 66.0 Å². The second-order valence-electron chi connectivity index (χ2n) is 9.91. The highest BCUT2D eigenvalue weighted by molar-refractivity contribution is 14.0. The summed E-state index contributed by atoms with van der Waals surface area (Å²) in [4.78, 5) is 19.7. The number of thioether (sulfide) groups is 1. The van der Waals surface area contributed by atoms with Crippen molar-refractivity contribution in [3.05, 3.63) is 0 Å². The molecule has 5 fully saturated rings. The molecule has 176 valence electrons. The van der Waals surface area contributed by atoms with E-state index in [1.807, 2.05) is 11.8 Å². The molecule has 3 saturated carbocycles. The lowest BCUT2D eigenvalue weighted by molar-refractivity contribution is -0.171. The Hall–Kier alpha value is -0.220. The number of amides is 1. The van der Waals surface area contributed by atoms with Crippen molar-refractivity contribution < 1.29 is 9.53 Å². The number of aliphatic imine (C=N–C) groups is 1. The van der Waals surface area contributed by atoms with Crippen LogP contribution in [0.5, 0.6) is 0 Å². The van der Waals surface area contributed by atoms with E-state index in [2.05, 4.69) is 22.5 Å². The van der Waals surface area contributed by atoms with Crippen LogP contribution in [0.3, 0.4) is 0 Å². The van der Waals surface area contributed by atoms with Gasteiger partial charge in [-0.2, -0.15) is 11.8 Å². The Morgan fingerprint density at radius 1 is 1.13 bits per heavy atom. The van der Waals surface area contributed by atoms with Crippen LogP contribution in [0.2, 0.25) is 0 Å². The lowest BCUT2D eigenvalue weighted by Crippen LogP contribution is -2.72. The quantitative estimate of drug-likeness (QED) is 0.313. The van der Waals surface area contributed by atoms with Gasteiger partial charge in [0.2, 0.25) is 5.91 Å². The van der Waals surface area contributed by atoms with Crippen LogP contribution in [0.4, 0.5) is 0 Å². The molecule has 2 heterocycles. The Kier molecular flexibility index (Phi) is 8.00. The molecule has 2 saturated heterocycles. The van der Waals surface area contributed by atoms with E-state index in [9.17, 15) is 4.79 Å². The molecule has 31 heavy (non-hydrogen) atoms. The maximum Gasteiger partial charge on any atom is 0.225 e. The Labute approximate surface area is 208 Å². The van der Waals surface area contributed by atoms with Crippen molar-refractivity contribution in [3.63, 3.8) is 0 Å². The van der Waals surface area contributed by atoms with Crippen LogP contribution in [-0.2, 0) is 9.53 Å². The van der Waals surface area contributed by atoms with Gasteiger partial charge in [0.05, 0.1) is 6.10 Å². The zero-order valence-corrected chi connectivity index (χ0v) is 22.0. The van der Waals surface area contributed by atoms with Gasteiger partial charge in [-0.05, 0) is 51.9 Å². The zero-order chi connectivity index (χ0) is 20.6. The number of ether oxygens (including phenoxy) is 1. The predicted molar refractivity (Wildman–Crippen MR) is 137 cm³/mol. The summed E-state index contributed by atoms with van der Waals surface area (Å²) in [6.45, 7) is 5.70. The number of hydrogen-bond acceptors (Lipinski definition) is 4. The number of nitrogens with zero attached hydrogens (tertiary/aromatic N) is 2. The van der Waals surface area contributed by atoms with Crippen LogP contribution in [0.25, 0.3) is 0 Å². The molecule has 0 aromatic rings. The summed E-state index contributed by atoms with van der Waals surface area (Å²) in [5, 5.41) is 7.56. The van der Waals surface area contributed by atoms with E-state index in [-0.39, 0.29) is 29.9 Å². The number of hydrogen-bond donors (Lipinski definition) is 2. The van der Waals surface area contributed by atoms with E-state index in [4.69, 9.17) is 9.73 Å². The summed E-state index contributed by atoms with van der Waals surface area (Å²) in [6, 6.07) is 0.947. The highest BCUT2D eigenvalue weighted by atomic mass is 127. The van der Waals surface area contributed by atoms with E-state index < -0.39 is 0 Å². The maximum atomic E-state index is 12.8. The first-order chi connectivity index (χ1) is 14.7. The van der Waals surface area contributed by atoms with Gasteiger partial charge in [-0.25, -0.2) is 0 Å². The minimum atomic E-state index is 0.